The van der Waals surface area contributed by atoms with Crippen LogP contribution < -0.4 is 11.3 Å². The molecule has 0 fully saturated rings. The highest BCUT2D eigenvalue weighted by Crippen LogP contribution is 2.31. The predicted octanol–water partition coefficient (Wildman–Crippen LogP) is 2.71. The maximum Gasteiger partial charge on any atom is 0.409 e. The van der Waals surface area contributed by atoms with Gasteiger partial charge in [0.05, 0.1) is 0 Å². The smallest absolute Gasteiger partial charge is 0.271 e. The van der Waals surface area contributed by atoms with Gasteiger partial charge in [0.1, 0.15) is 6.04 Å². The normalized spacial score (nSPS) is 13.8. The summed E-state index contributed by atoms with van der Waals surface area (Å²) in [5.74, 6) is 4.92. The highest BCUT2D eigenvalue weighted by Gasteiger charge is 2.39. The highest BCUT2D eigenvalue weighted by atomic mass is 19.4. The Morgan fingerprint density at radius 2 is 1.81 bits per heavy atom. The third kappa shape index (κ3) is 3.21. The molecule has 1 atom stereocenters. The summed E-state index contributed by atoms with van der Waals surface area (Å²) in [6.07, 6.45) is -2.54. The van der Waals surface area contributed by atoms with Crippen LogP contribution in [0.2, 0.25) is 0 Å². The summed E-state index contributed by atoms with van der Waals surface area (Å²) in [4.78, 5) is 0. The lowest BCUT2D eigenvalue weighted by molar-refractivity contribution is -0.157. The average Bonchev–Trinajstić information content (AvgIpc) is 2.20. The molecule has 1 rings (SSSR count). The van der Waals surface area contributed by atoms with Crippen molar-refractivity contribution in [1.29, 1.82) is 0 Å². The van der Waals surface area contributed by atoms with Gasteiger partial charge in [-0.25, -0.2) is 5.43 Å². The summed E-state index contributed by atoms with van der Waals surface area (Å²) in [5.41, 5.74) is 2.95. The quantitative estimate of drug-likeness (QED) is 0.618. The van der Waals surface area contributed by atoms with E-state index in [1.807, 2.05) is 6.92 Å². The van der Waals surface area contributed by atoms with Gasteiger partial charge in [-0.05, 0) is 17.5 Å². The van der Waals surface area contributed by atoms with Gasteiger partial charge in [0.2, 0.25) is 0 Å². The summed E-state index contributed by atoms with van der Waals surface area (Å²) in [6, 6.07) is 4.53. The number of nitrogens with one attached hydrogen (secondary N) is 1. The molecule has 0 aliphatic heterocycles. The van der Waals surface area contributed by atoms with E-state index in [0.29, 0.717) is 0 Å². The monoisotopic (exact) mass is 232 g/mol. The summed E-state index contributed by atoms with van der Waals surface area (Å²) < 4.78 is 37.5. The summed E-state index contributed by atoms with van der Waals surface area (Å²) in [6.45, 7) is 2.02. The van der Waals surface area contributed by atoms with Crippen LogP contribution in [0.1, 0.15) is 30.5 Å². The predicted molar refractivity (Wildman–Crippen MR) is 56.6 cm³/mol. The van der Waals surface area contributed by atoms with Crippen molar-refractivity contribution in [3.63, 3.8) is 0 Å². The molecule has 0 heterocycles. The number of halogens is 3. The number of benzene rings is 1. The van der Waals surface area contributed by atoms with Crippen LogP contribution in [-0.2, 0) is 6.42 Å². The van der Waals surface area contributed by atoms with Crippen LogP contribution in [0.4, 0.5) is 13.2 Å². The van der Waals surface area contributed by atoms with Crippen LogP contribution in [0.5, 0.6) is 0 Å². The maximum absolute atomic E-state index is 12.5. The molecule has 1 aromatic rings. The van der Waals surface area contributed by atoms with E-state index in [1.165, 1.54) is 12.1 Å². The molecule has 90 valence electrons. The van der Waals surface area contributed by atoms with E-state index in [1.54, 1.807) is 17.6 Å². The van der Waals surface area contributed by atoms with Crippen molar-refractivity contribution < 1.29 is 13.2 Å². The van der Waals surface area contributed by atoms with Crippen molar-refractivity contribution >= 4 is 0 Å². The minimum atomic E-state index is -4.37. The topological polar surface area (TPSA) is 38.0 Å². The average molecular weight is 232 g/mol. The number of aryl methyl sites for hydroxylation is 1. The van der Waals surface area contributed by atoms with Crippen LogP contribution in [0, 0.1) is 0 Å². The second-order valence-electron chi connectivity index (χ2n) is 3.63. The van der Waals surface area contributed by atoms with E-state index < -0.39 is 12.2 Å². The molecule has 0 aromatic heterocycles. The zero-order valence-electron chi connectivity index (χ0n) is 9.01. The Balaban J connectivity index is 2.87. The zero-order valence-corrected chi connectivity index (χ0v) is 9.01. The summed E-state index contributed by atoms with van der Waals surface area (Å²) in [5, 5.41) is 0. The van der Waals surface area contributed by atoms with E-state index in [2.05, 4.69) is 0 Å². The molecule has 0 saturated carbocycles. The lowest BCUT2D eigenvalue weighted by atomic mass is 10.0. The first-order chi connectivity index (χ1) is 7.49. The molecule has 0 radical (unpaired) electrons. The van der Waals surface area contributed by atoms with E-state index >= 15 is 0 Å². The Hall–Kier alpha value is -1.07. The molecule has 5 heteroatoms. The summed E-state index contributed by atoms with van der Waals surface area (Å²) in [7, 11) is 0. The fraction of sp³-hybridized carbons (Fsp3) is 0.455. The standard InChI is InChI=1S/C11H15F3N2/c1-2-3-8-4-6-9(7-5-8)10(16-15)11(12,13)14/h4-7,10,16H,2-3,15H2,1H3/t10-/m1/s1. The SMILES string of the molecule is CCCc1ccc([C@@H](NN)C(F)(F)F)cc1. The van der Waals surface area contributed by atoms with Gasteiger partial charge >= 0.3 is 6.18 Å². The van der Waals surface area contributed by atoms with Gasteiger partial charge < -0.3 is 0 Å². The van der Waals surface area contributed by atoms with E-state index in [4.69, 9.17) is 5.84 Å². The molecule has 16 heavy (non-hydrogen) atoms. The van der Waals surface area contributed by atoms with Gasteiger partial charge in [0.25, 0.3) is 0 Å². The first-order valence-corrected chi connectivity index (χ1v) is 5.10. The second-order valence-corrected chi connectivity index (χ2v) is 3.63. The van der Waals surface area contributed by atoms with Crippen molar-refractivity contribution in [2.45, 2.75) is 32.0 Å². The van der Waals surface area contributed by atoms with Crippen LogP contribution in [0.3, 0.4) is 0 Å². The highest BCUT2D eigenvalue weighted by molar-refractivity contribution is 5.26. The van der Waals surface area contributed by atoms with Crippen molar-refractivity contribution in [2.24, 2.45) is 5.84 Å². The minimum Gasteiger partial charge on any atom is -0.271 e. The first-order valence-electron chi connectivity index (χ1n) is 5.10. The van der Waals surface area contributed by atoms with Crippen LogP contribution >= 0.6 is 0 Å². The number of hydrazine groups is 1. The molecule has 0 aliphatic rings. The second kappa shape index (κ2) is 5.32. The van der Waals surface area contributed by atoms with E-state index in [9.17, 15) is 13.2 Å². The molecule has 0 bridgehead atoms. The largest absolute Gasteiger partial charge is 0.409 e. The Morgan fingerprint density at radius 3 is 2.19 bits per heavy atom. The maximum atomic E-state index is 12.5. The van der Waals surface area contributed by atoms with Gasteiger partial charge in [-0.1, -0.05) is 37.6 Å². The Bertz CT molecular complexity index is 319. The van der Waals surface area contributed by atoms with Gasteiger partial charge in [0, 0.05) is 0 Å². The molecule has 0 spiro atoms. The van der Waals surface area contributed by atoms with Crippen molar-refractivity contribution in [1.82, 2.24) is 5.43 Å². The van der Waals surface area contributed by atoms with Gasteiger partial charge in [-0.2, -0.15) is 13.2 Å². The molecule has 0 unspecified atom stereocenters. The van der Waals surface area contributed by atoms with Crippen LogP contribution in [0.15, 0.2) is 24.3 Å². The molecular formula is C11H15F3N2. The summed E-state index contributed by atoms with van der Waals surface area (Å²) >= 11 is 0. The van der Waals surface area contributed by atoms with Gasteiger partial charge in [-0.3, -0.25) is 5.84 Å². The molecule has 3 N–H and O–H groups in total. The van der Waals surface area contributed by atoms with Crippen molar-refractivity contribution in [3.05, 3.63) is 35.4 Å². The van der Waals surface area contributed by atoms with Crippen molar-refractivity contribution in [2.75, 3.05) is 0 Å². The number of hydrogen-bond acceptors (Lipinski definition) is 2. The minimum absolute atomic E-state index is 0.134. The lowest BCUT2D eigenvalue weighted by Gasteiger charge is -2.19. The lowest BCUT2D eigenvalue weighted by Crippen LogP contribution is -2.38. The molecule has 0 amide bonds. The third-order valence-corrected chi connectivity index (χ3v) is 2.35. The van der Waals surface area contributed by atoms with Gasteiger partial charge in [0.15, 0.2) is 0 Å². The van der Waals surface area contributed by atoms with Crippen LogP contribution in [0.25, 0.3) is 0 Å². The zero-order chi connectivity index (χ0) is 12.2. The fourth-order valence-corrected chi connectivity index (χ4v) is 1.55. The first kappa shape index (κ1) is 13.0. The molecule has 2 nitrogen and oxygen atoms in total. The van der Waals surface area contributed by atoms with E-state index in [-0.39, 0.29) is 5.56 Å². The number of nitrogens with two attached hydrogens (primary N) is 1. The number of rotatable bonds is 4. The third-order valence-electron chi connectivity index (χ3n) is 2.35. The Kier molecular flexibility index (Phi) is 4.32. The van der Waals surface area contributed by atoms with Gasteiger partial charge in [-0.15, -0.1) is 0 Å². The molecule has 1 aromatic carbocycles. The van der Waals surface area contributed by atoms with E-state index in [0.717, 1.165) is 18.4 Å². The fourth-order valence-electron chi connectivity index (χ4n) is 1.55. The Labute approximate surface area is 92.6 Å². The number of hydrogen-bond donors (Lipinski definition) is 2. The Morgan fingerprint density at radius 1 is 1.25 bits per heavy atom. The van der Waals surface area contributed by atoms with Crippen molar-refractivity contribution in [3.8, 4) is 0 Å². The van der Waals surface area contributed by atoms with Crippen LogP contribution in [-0.4, -0.2) is 6.18 Å². The molecule has 0 aliphatic carbocycles. The number of alkyl halides is 3. The molecule has 0 saturated heterocycles. The molecular weight excluding hydrogens is 217 g/mol.